The van der Waals surface area contributed by atoms with Gasteiger partial charge in [-0.3, -0.25) is 0 Å². The first-order valence-corrected chi connectivity index (χ1v) is 5.22. The Morgan fingerprint density at radius 2 is 1.93 bits per heavy atom. The van der Waals surface area contributed by atoms with Crippen molar-refractivity contribution in [2.24, 2.45) is 0 Å². The first-order chi connectivity index (χ1) is 6.85. The van der Waals surface area contributed by atoms with Crippen molar-refractivity contribution in [1.29, 1.82) is 0 Å². The molecular weight excluding hydrogens is 200 g/mol. The van der Waals surface area contributed by atoms with E-state index in [1.165, 1.54) is 0 Å². The lowest BCUT2D eigenvalue weighted by Crippen LogP contribution is -2.52. The first-order valence-electron chi connectivity index (χ1n) is 5.22. The third kappa shape index (κ3) is 2.03. The molecule has 4 atom stereocenters. The van der Waals surface area contributed by atoms with E-state index in [2.05, 4.69) is 0 Å². The van der Waals surface area contributed by atoms with Gasteiger partial charge in [0.2, 0.25) is 0 Å². The average molecular weight is 218 g/mol. The molecule has 0 aromatic rings. The quantitative estimate of drug-likeness (QED) is 0.547. The van der Waals surface area contributed by atoms with E-state index in [9.17, 15) is 10.2 Å². The van der Waals surface area contributed by atoms with Crippen molar-refractivity contribution < 1.29 is 24.8 Å². The fourth-order valence-corrected chi connectivity index (χ4v) is 2.44. The monoisotopic (exact) mass is 218 g/mol. The maximum absolute atomic E-state index is 9.92. The summed E-state index contributed by atoms with van der Waals surface area (Å²) < 4.78 is 11.1. The van der Waals surface area contributed by atoms with Crippen molar-refractivity contribution in [3.05, 3.63) is 0 Å². The molecule has 0 spiro atoms. The highest BCUT2D eigenvalue weighted by molar-refractivity contribution is 5.00. The lowest BCUT2D eigenvalue weighted by Gasteiger charge is -2.38. The Kier molecular flexibility index (Phi) is 2.56. The molecule has 2 fully saturated rings. The van der Waals surface area contributed by atoms with Crippen LogP contribution in [0.3, 0.4) is 0 Å². The highest BCUT2D eigenvalue weighted by Crippen LogP contribution is 2.40. The van der Waals surface area contributed by atoms with E-state index in [1.807, 2.05) is 0 Å². The number of fused-ring (bicyclic) bond motifs is 1. The Labute approximate surface area is 88.6 Å². The molecule has 1 saturated heterocycles. The number of ether oxygens (including phenoxy) is 2. The van der Waals surface area contributed by atoms with E-state index in [0.717, 1.165) is 0 Å². The van der Waals surface area contributed by atoms with Crippen molar-refractivity contribution >= 4 is 0 Å². The Morgan fingerprint density at radius 1 is 1.27 bits per heavy atom. The zero-order valence-electron chi connectivity index (χ0n) is 9.01. The van der Waals surface area contributed by atoms with Gasteiger partial charge in [-0.25, -0.2) is 0 Å². The molecule has 3 N–H and O–H groups in total. The molecule has 88 valence electrons. The smallest absolute Gasteiger partial charge is 0.163 e. The van der Waals surface area contributed by atoms with Crippen LogP contribution in [0.4, 0.5) is 0 Å². The van der Waals surface area contributed by atoms with Gasteiger partial charge in [-0.15, -0.1) is 0 Å². The molecule has 1 heterocycles. The standard InChI is InChI=1S/C10H18O5/c1-9(2)14-7-4-10(13,5-11)3-6(12)8(7)15-9/h6-8,11-13H,3-5H2,1-2H3/t6-,7?,8?,10?/m1/s1. The number of hydrogen-bond donors (Lipinski definition) is 3. The lowest BCUT2D eigenvalue weighted by molar-refractivity contribution is -0.153. The van der Waals surface area contributed by atoms with E-state index in [4.69, 9.17) is 14.6 Å². The summed E-state index contributed by atoms with van der Waals surface area (Å²) >= 11 is 0. The third-order valence-electron chi connectivity index (χ3n) is 3.07. The van der Waals surface area contributed by atoms with Crippen LogP contribution >= 0.6 is 0 Å². The minimum atomic E-state index is -1.25. The molecule has 1 aliphatic carbocycles. The summed E-state index contributed by atoms with van der Waals surface area (Å²) in [5, 5.41) is 28.8. The van der Waals surface area contributed by atoms with Crippen LogP contribution in [0.1, 0.15) is 26.7 Å². The van der Waals surface area contributed by atoms with Crippen LogP contribution in [0.25, 0.3) is 0 Å². The van der Waals surface area contributed by atoms with Crippen LogP contribution in [-0.4, -0.2) is 51.6 Å². The second kappa shape index (κ2) is 3.40. The van der Waals surface area contributed by atoms with Crippen LogP contribution in [0, 0.1) is 0 Å². The number of aliphatic hydroxyl groups excluding tert-OH is 2. The highest BCUT2D eigenvalue weighted by atomic mass is 16.8. The van der Waals surface area contributed by atoms with E-state index in [-0.39, 0.29) is 19.1 Å². The molecule has 5 nitrogen and oxygen atoms in total. The van der Waals surface area contributed by atoms with Gasteiger partial charge in [0.15, 0.2) is 5.79 Å². The Bertz CT molecular complexity index is 254. The second-order valence-corrected chi connectivity index (χ2v) is 5.00. The van der Waals surface area contributed by atoms with Crippen LogP contribution in [0.5, 0.6) is 0 Å². The molecule has 0 amide bonds. The van der Waals surface area contributed by atoms with Gasteiger partial charge in [0.1, 0.15) is 6.10 Å². The molecule has 15 heavy (non-hydrogen) atoms. The van der Waals surface area contributed by atoms with Crippen LogP contribution in [-0.2, 0) is 9.47 Å². The molecule has 1 saturated carbocycles. The number of rotatable bonds is 1. The summed E-state index contributed by atoms with van der Waals surface area (Å²) in [6.07, 6.45) is -1.10. The van der Waals surface area contributed by atoms with Crippen molar-refractivity contribution in [3.63, 3.8) is 0 Å². The summed E-state index contributed by atoms with van der Waals surface area (Å²) in [4.78, 5) is 0. The summed E-state index contributed by atoms with van der Waals surface area (Å²) in [5.74, 6) is -0.725. The first kappa shape index (κ1) is 11.3. The third-order valence-corrected chi connectivity index (χ3v) is 3.07. The van der Waals surface area contributed by atoms with Gasteiger partial charge < -0.3 is 24.8 Å². The molecule has 0 aromatic carbocycles. The minimum absolute atomic E-state index is 0.129. The predicted molar refractivity (Wildman–Crippen MR) is 51.1 cm³/mol. The van der Waals surface area contributed by atoms with Gasteiger partial charge >= 0.3 is 0 Å². The maximum Gasteiger partial charge on any atom is 0.163 e. The highest BCUT2D eigenvalue weighted by Gasteiger charge is 2.52. The largest absolute Gasteiger partial charge is 0.393 e. The van der Waals surface area contributed by atoms with E-state index in [1.54, 1.807) is 13.8 Å². The molecule has 1 aliphatic heterocycles. The summed E-state index contributed by atoms with van der Waals surface area (Å²) in [6, 6.07) is 0. The molecule has 3 unspecified atom stereocenters. The minimum Gasteiger partial charge on any atom is -0.393 e. The van der Waals surface area contributed by atoms with E-state index in [0.29, 0.717) is 6.42 Å². The Hall–Kier alpha value is -0.200. The molecule has 0 radical (unpaired) electrons. The van der Waals surface area contributed by atoms with Gasteiger partial charge in [-0.05, 0) is 13.8 Å². The Balaban J connectivity index is 2.14. The van der Waals surface area contributed by atoms with Crippen molar-refractivity contribution in [1.82, 2.24) is 0 Å². The topological polar surface area (TPSA) is 79.2 Å². The normalized spacial score (nSPS) is 49.0. The SMILES string of the molecule is CC1(C)OC2CC(O)(CO)C[C@@H](O)C2O1. The number of hydrogen-bond acceptors (Lipinski definition) is 5. The van der Waals surface area contributed by atoms with Crippen molar-refractivity contribution in [2.75, 3.05) is 6.61 Å². The zero-order chi connectivity index (χ0) is 11.3. The van der Waals surface area contributed by atoms with Gasteiger partial charge in [-0.1, -0.05) is 0 Å². The van der Waals surface area contributed by atoms with Crippen LogP contribution in [0.2, 0.25) is 0 Å². The second-order valence-electron chi connectivity index (χ2n) is 5.00. The molecule has 5 heteroatoms. The van der Waals surface area contributed by atoms with Gasteiger partial charge in [-0.2, -0.15) is 0 Å². The molecule has 0 bridgehead atoms. The summed E-state index contributed by atoms with van der Waals surface area (Å²) in [6.45, 7) is 3.18. The van der Waals surface area contributed by atoms with E-state index < -0.39 is 23.6 Å². The zero-order valence-corrected chi connectivity index (χ0v) is 9.01. The maximum atomic E-state index is 9.92. The average Bonchev–Trinajstić information content (AvgIpc) is 2.40. The fourth-order valence-electron chi connectivity index (χ4n) is 2.44. The van der Waals surface area contributed by atoms with Gasteiger partial charge in [0.05, 0.1) is 24.4 Å². The number of aliphatic hydroxyl groups is 3. The molecule has 2 aliphatic rings. The van der Waals surface area contributed by atoms with Gasteiger partial charge in [0, 0.05) is 12.8 Å². The van der Waals surface area contributed by atoms with E-state index >= 15 is 0 Å². The van der Waals surface area contributed by atoms with Crippen LogP contribution in [0.15, 0.2) is 0 Å². The van der Waals surface area contributed by atoms with Gasteiger partial charge in [0.25, 0.3) is 0 Å². The lowest BCUT2D eigenvalue weighted by atomic mass is 9.80. The predicted octanol–water partition coefficient (Wildman–Crippen LogP) is -0.615. The molecule has 2 rings (SSSR count). The Morgan fingerprint density at radius 3 is 2.53 bits per heavy atom. The summed E-state index contributed by atoms with van der Waals surface area (Å²) in [5.41, 5.74) is -1.25. The molecular formula is C10H18O5. The van der Waals surface area contributed by atoms with Crippen molar-refractivity contribution in [2.45, 2.75) is 56.4 Å². The summed E-state index contributed by atoms with van der Waals surface area (Å²) in [7, 11) is 0. The molecule has 0 aromatic heterocycles. The fraction of sp³-hybridized carbons (Fsp3) is 1.00. The van der Waals surface area contributed by atoms with Crippen LogP contribution < -0.4 is 0 Å². The van der Waals surface area contributed by atoms with Crippen molar-refractivity contribution in [3.8, 4) is 0 Å².